The molecule has 6 nitrogen and oxygen atoms in total. The molecule has 0 radical (unpaired) electrons. The molecule has 0 fully saturated rings. The summed E-state index contributed by atoms with van der Waals surface area (Å²) < 4.78 is 13.9. The number of hydrogen-bond donors (Lipinski definition) is 3. The van der Waals surface area contributed by atoms with Crippen LogP contribution in [-0.4, -0.2) is 21.0 Å². The van der Waals surface area contributed by atoms with Crippen molar-refractivity contribution in [2.24, 2.45) is 4.99 Å². The third kappa shape index (κ3) is 4.76. The van der Waals surface area contributed by atoms with E-state index in [2.05, 4.69) is 36.4 Å². The molecular formula is C18H25BrFN5O. The molecule has 0 aliphatic carbocycles. The van der Waals surface area contributed by atoms with E-state index in [1.807, 2.05) is 27.7 Å². The number of hydroxylamine groups is 1. The first-order chi connectivity index (χ1) is 12.5. The highest BCUT2D eigenvalue weighted by molar-refractivity contribution is 9.10. The molecule has 8 heteroatoms. The molecule has 1 aromatic heterocycles. The minimum atomic E-state index is -0.335. The summed E-state index contributed by atoms with van der Waals surface area (Å²) in [5.74, 6) is 0.117. The van der Waals surface area contributed by atoms with Crippen LogP contribution in [0.15, 0.2) is 27.7 Å². The number of anilines is 1. The highest BCUT2D eigenvalue weighted by Crippen LogP contribution is 2.33. The topological polar surface area (TPSA) is 96.4 Å². The van der Waals surface area contributed by atoms with Crippen LogP contribution in [0.1, 0.15) is 56.3 Å². The molecule has 3 rings (SSSR count). The van der Waals surface area contributed by atoms with Gasteiger partial charge in [-0.05, 0) is 24.6 Å². The second-order valence-electron chi connectivity index (χ2n) is 4.96. The Kier molecular flexibility index (Phi) is 8.60. The molecule has 2 aromatic rings. The number of nitrogens with one attached hydrogen (secondary N) is 1. The van der Waals surface area contributed by atoms with Crippen LogP contribution in [0.2, 0.25) is 0 Å². The quantitative estimate of drug-likeness (QED) is 0.590. The molecule has 1 aromatic carbocycles. The minimum absolute atomic E-state index is 0.173. The van der Waals surface area contributed by atoms with E-state index in [4.69, 9.17) is 5.73 Å². The summed E-state index contributed by atoms with van der Waals surface area (Å²) in [6, 6.07) is 4.10. The zero-order chi connectivity index (χ0) is 19.9. The molecule has 142 valence electrons. The zero-order valence-corrected chi connectivity index (χ0v) is 17.2. The average Bonchev–Trinajstić information content (AvgIpc) is 2.63. The summed E-state index contributed by atoms with van der Waals surface area (Å²) in [6.45, 7) is 9.78. The number of rotatable bonds is 1. The summed E-state index contributed by atoms with van der Waals surface area (Å²) in [5.41, 5.74) is 10.6. The first kappa shape index (κ1) is 22.0. The van der Waals surface area contributed by atoms with E-state index in [0.29, 0.717) is 27.8 Å². The van der Waals surface area contributed by atoms with Crippen molar-refractivity contribution < 1.29 is 9.60 Å². The summed E-state index contributed by atoms with van der Waals surface area (Å²) >= 11 is 3.34. The molecule has 2 heterocycles. The fraction of sp³-hybridized carbons (Fsp3) is 0.389. The summed E-state index contributed by atoms with van der Waals surface area (Å²) in [5, 5.41) is 9.37. The lowest BCUT2D eigenvalue weighted by atomic mass is 9.95. The van der Waals surface area contributed by atoms with E-state index in [9.17, 15) is 9.60 Å². The van der Waals surface area contributed by atoms with E-state index in [1.54, 1.807) is 13.0 Å². The van der Waals surface area contributed by atoms with Gasteiger partial charge in [-0.15, -0.1) is 0 Å². The van der Waals surface area contributed by atoms with Crippen LogP contribution in [0, 0.1) is 12.7 Å². The van der Waals surface area contributed by atoms with Gasteiger partial charge < -0.3 is 5.73 Å². The predicted molar refractivity (Wildman–Crippen MR) is 106 cm³/mol. The third-order valence-corrected chi connectivity index (χ3v) is 4.20. The number of halogens is 2. The fourth-order valence-corrected chi connectivity index (χ4v) is 3.21. The molecule has 1 aliphatic heterocycles. The molecule has 0 saturated carbocycles. The Morgan fingerprint density at radius 3 is 2.46 bits per heavy atom. The molecule has 0 spiro atoms. The third-order valence-electron chi connectivity index (χ3n) is 3.52. The Morgan fingerprint density at radius 1 is 1.23 bits per heavy atom. The number of aliphatic imine (C=N–C) groups is 1. The normalized spacial score (nSPS) is 14.8. The fourth-order valence-electron chi connectivity index (χ4n) is 2.60. The smallest absolute Gasteiger partial charge is 0.220 e. The molecule has 4 N–H and O–H groups in total. The van der Waals surface area contributed by atoms with Gasteiger partial charge >= 0.3 is 0 Å². The average molecular weight is 426 g/mol. The standard InChI is InChI=1S/C14H13BrFN5O.2C2H6/c1-6-12-11(20-14(17)18-6)5-10(19-13(12)21-22)8-3-2-7(16)4-9(8)15;2*1-2/h2-4,10,22H,5H2,1H3,(H,19,21)(H2,17,18,20);2*1-2H3. The molecule has 26 heavy (non-hydrogen) atoms. The second-order valence-corrected chi connectivity index (χ2v) is 5.82. The van der Waals surface area contributed by atoms with Crippen LogP contribution in [-0.2, 0) is 6.42 Å². The van der Waals surface area contributed by atoms with Crippen LogP contribution in [0.3, 0.4) is 0 Å². The number of benzene rings is 1. The SMILES string of the molecule is CC.CC.Cc1nc(N)nc2c1C(NO)=NC(c1ccc(F)cc1Br)C2. The van der Waals surface area contributed by atoms with E-state index in [0.717, 1.165) is 5.56 Å². The van der Waals surface area contributed by atoms with Crippen LogP contribution < -0.4 is 11.2 Å². The first-order valence-electron chi connectivity index (χ1n) is 8.55. The molecule has 0 bridgehead atoms. The number of aryl methyl sites for hydroxylation is 1. The van der Waals surface area contributed by atoms with Crippen LogP contribution in [0.25, 0.3) is 0 Å². The summed E-state index contributed by atoms with van der Waals surface area (Å²) in [4.78, 5) is 12.8. The maximum atomic E-state index is 13.2. The number of nitrogens with two attached hydrogens (primary N) is 1. The van der Waals surface area contributed by atoms with E-state index in [1.165, 1.54) is 12.1 Å². The Labute approximate surface area is 161 Å². The highest BCUT2D eigenvalue weighted by Gasteiger charge is 2.27. The minimum Gasteiger partial charge on any atom is -0.368 e. The van der Waals surface area contributed by atoms with Gasteiger partial charge in [-0.25, -0.2) is 14.4 Å². The predicted octanol–water partition coefficient (Wildman–Crippen LogP) is 4.34. The van der Waals surface area contributed by atoms with Crippen molar-refractivity contribution in [1.29, 1.82) is 0 Å². The van der Waals surface area contributed by atoms with Crippen LogP contribution >= 0.6 is 15.9 Å². The number of aromatic nitrogens is 2. The molecule has 1 atom stereocenters. The van der Waals surface area contributed by atoms with Gasteiger partial charge in [0.2, 0.25) is 5.95 Å². The molecule has 1 aliphatic rings. The number of hydrogen-bond acceptors (Lipinski definition) is 6. The Bertz CT molecular complexity index is 782. The van der Waals surface area contributed by atoms with E-state index >= 15 is 0 Å². The number of nitrogens with zero attached hydrogens (tertiary/aromatic N) is 3. The van der Waals surface area contributed by atoms with Gasteiger partial charge in [0, 0.05) is 10.9 Å². The lowest BCUT2D eigenvalue weighted by molar-refractivity contribution is 0.233. The Balaban J connectivity index is 0.000000791. The molecule has 0 saturated heterocycles. The monoisotopic (exact) mass is 425 g/mol. The molecular weight excluding hydrogens is 401 g/mol. The van der Waals surface area contributed by atoms with Crippen molar-refractivity contribution in [3.05, 3.63) is 51.0 Å². The van der Waals surface area contributed by atoms with Crippen LogP contribution in [0.5, 0.6) is 0 Å². The number of fused-ring (bicyclic) bond motifs is 1. The van der Waals surface area contributed by atoms with Crippen molar-refractivity contribution in [2.45, 2.75) is 47.1 Å². The number of nitrogen functional groups attached to an aromatic ring is 1. The maximum Gasteiger partial charge on any atom is 0.220 e. The van der Waals surface area contributed by atoms with Crippen molar-refractivity contribution in [3.8, 4) is 0 Å². The Morgan fingerprint density at radius 2 is 1.88 bits per heavy atom. The van der Waals surface area contributed by atoms with E-state index in [-0.39, 0.29) is 23.6 Å². The van der Waals surface area contributed by atoms with Crippen molar-refractivity contribution in [1.82, 2.24) is 15.4 Å². The van der Waals surface area contributed by atoms with Gasteiger partial charge in [0.1, 0.15) is 5.82 Å². The first-order valence-corrected chi connectivity index (χ1v) is 9.35. The summed E-state index contributed by atoms with van der Waals surface area (Å²) in [7, 11) is 0. The lowest BCUT2D eigenvalue weighted by Crippen LogP contribution is -2.29. The largest absolute Gasteiger partial charge is 0.368 e. The Hall–Kier alpha value is -2.06. The van der Waals surface area contributed by atoms with Crippen LogP contribution in [0.4, 0.5) is 10.3 Å². The second kappa shape index (κ2) is 10.2. The van der Waals surface area contributed by atoms with Gasteiger partial charge in [-0.3, -0.25) is 15.7 Å². The summed E-state index contributed by atoms with van der Waals surface area (Å²) in [6.07, 6.45) is 0.484. The van der Waals surface area contributed by atoms with Gasteiger partial charge in [0.25, 0.3) is 0 Å². The van der Waals surface area contributed by atoms with Crippen molar-refractivity contribution >= 4 is 27.7 Å². The van der Waals surface area contributed by atoms with Crippen molar-refractivity contribution in [2.75, 3.05) is 5.73 Å². The van der Waals surface area contributed by atoms with Crippen molar-refractivity contribution in [3.63, 3.8) is 0 Å². The highest BCUT2D eigenvalue weighted by atomic mass is 79.9. The van der Waals surface area contributed by atoms with Gasteiger partial charge in [-0.1, -0.05) is 49.7 Å². The van der Waals surface area contributed by atoms with E-state index < -0.39 is 0 Å². The van der Waals surface area contributed by atoms with Gasteiger partial charge in [-0.2, -0.15) is 0 Å². The molecule has 1 unspecified atom stereocenters. The molecule has 0 amide bonds. The maximum absolute atomic E-state index is 13.2. The van der Waals surface area contributed by atoms with Gasteiger partial charge in [0.15, 0.2) is 5.84 Å². The van der Waals surface area contributed by atoms with Gasteiger partial charge in [0.05, 0.1) is 23.0 Å². The lowest BCUT2D eigenvalue weighted by Gasteiger charge is -2.24. The zero-order valence-electron chi connectivity index (χ0n) is 15.6. The number of amidine groups is 1.